The number of aliphatic hydroxyl groups is 1. The number of hydrogen-bond donors (Lipinski definition) is 1. The first-order valence-electron chi connectivity index (χ1n) is 7.08. The molecule has 1 fully saturated rings. The van der Waals surface area contributed by atoms with E-state index in [0.29, 0.717) is 5.92 Å². The molecule has 0 unspecified atom stereocenters. The summed E-state index contributed by atoms with van der Waals surface area (Å²) >= 11 is 0. The van der Waals surface area contributed by atoms with Gasteiger partial charge in [-0.05, 0) is 56.6 Å². The van der Waals surface area contributed by atoms with Gasteiger partial charge in [0.25, 0.3) is 10.1 Å². The second kappa shape index (κ2) is 6.70. The van der Waals surface area contributed by atoms with E-state index in [4.69, 9.17) is 9.29 Å². The van der Waals surface area contributed by atoms with Crippen LogP contribution in [-0.4, -0.2) is 26.7 Å². The highest BCUT2D eigenvalue weighted by atomic mass is 32.2. The highest BCUT2D eigenvalue weighted by molar-refractivity contribution is 7.86. The van der Waals surface area contributed by atoms with Gasteiger partial charge in [-0.1, -0.05) is 17.7 Å². The van der Waals surface area contributed by atoms with Gasteiger partial charge < -0.3 is 5.11 Å². The number of rotatable bonds is 5. The van der Waals surface area contributed by atoms with E-state index < -0.39 is 10.1 Å². The number of hydrogen-bond acceptors (Lipinski definition) is 4. The molecule has 0 bridgehead atoms. The smallest absolute Gasteiger partial charge is 0.296 e. The zero-order valence-electron chi connectivity index (χ0n) is 11.8. The Kier molecular flexibility index (Phi) is 5.18. The quantitative estimate of drug-likeness (QED) is 0.848. The van der Waals surface area contributed by atoms with Crippen molar-refractivity contribution in [1.29, 1.82) is 0 Å². The van der Waals surface area contributed by atoms with Crippen LogP contribution in [0.15, 0.2) is 29.2 Å². The lowest BCUT2D eigenvalue weighted by molar-refractivity contribution is 0.141. The second-order valence-corrected chi connectivity index (χ2v) is 7.24. The summed E-state index contributed by atoms with van der Waals surface area (Å²) in [6, 6.07) is 6.69. The van der Waals surface area contributed by atoms with Crippen LogP contribution >= 0.6 is 0 Å². The minimum absolute atomic E-state index is 0.215. The summed E-state index contributed by atoms with van der Waals surface area (Å²) in [6.45, 7) is 2.39. The van der Waals surface area contributed by atoms with E-state index in [1.807, 2.05) is 6.92 Å². The molecule has 1 aliphatic carbocycles. The molecule has 1 saturated carbocycles. The zero-order valence-corrected chi connectivity index (χ0v) is 12.6. The van der Waals surface area contributed by atoms with Crippen LogP contribution in [0.5, 0.6) is 0 Å². The van der Waals surface area contributed by atoms with Gasteiger partial charge in [-0.3, -0.25) is 4.18 Å². The van der Waals surface area contributed by atoms with Crippen molar-refractivity contribution in [1.82, 2.24) is 0 Å². The summed E-state index contributed by atoms with van der Waals surface area (Å²) < 4.78 is 29.3. The zero-order chi connectivity index (χ0) is 14.6. The molecule has 0 aromatic heterocycles. The molecular weight excluding hydrogens is 276 g/mol. The van der Waals surface area contributed by atoms with Crippen molar-refractivity contribution in [2.75, 3.05) is 13.2 Å². The van der Waals surface area contributed by atoms with Crippen molar-refractivity contribution >= 4 is 10.1 Å². The Hall–Kier alpha value is -0.910. The third-order valence-corrected chi connectivity index (χ3v) is 5.29. The molecule has 0 aliphatic heterocycles. The van der Waals surface area contributed by atoms with E-state index >= 15 is 0 Å². The van der Waals surface area contributed by atoms with Crippen LogP contribution in [0.3, 0.4) is 0 Å². The summed E-state index contributed by atoms with van der Waals surface area (Å²) in [5.41, 5.74) is 1.02. The first-order valence-corrected chi connectivity index (χ1v) is 8.49. The largest absolute Gasteiger partial charge is 0.396 e. The van der Waals surface area contributed by atoms with Crippen LogP contribution in [0, 0.1) is 18.8 Å². The van der Waals surface area contributed by atoms with E-state index in [2.05, 4.69) is 0 Å². The Morgan fingerprint density at radius 3 is 2.20 bits per heavy atom. The fourth-order valence-corrected chi connectivity index (χ4v) is 3.52. The van der Waals surface area contributed by atoms with Crippen molar-refractivity contribution < 1.29 is 17.7 Å². The highest BCUT2D eigenvalue weighted by Crippen LogP contribution is 2.29. The summed E-state index contributed by atoms with van der Waals surface area (Å²) in [7, 11) is -3.64. The third kappa shape index (κ3) is 4.04. The second-order valence-electron chi connectivity index (χ2n) is 5.62. The predicted octanol–water partition coefficient (Wildman–Crippen LogP) is 2.50. The summed E-state index contributed by atoms with van der Waals surface area (Å²) in [6.07, 6.45) is 3.76. The molecule has 0 atom stereocenters. The van der Waals surface area contributed by atoms with Gasteiger partial charge in [0.15, 0.2) is 0 Å². The molecule has 5 heteroatoms. The Morgan fingerprint density at radius 2 is 1.65 bits per heavy atom. The molecule has 1 N–H and O–H groups in total. The Bertz CT molecular complexity index is 513. The van der Waals surface area contributed by atoms with Gasteiger partial charge in [-0.15, -0.1) is 0 Å². The average molecular weight is 298 g/mol. The lowest BCUT2D eigenvalue weighted by Crippen LogP contribution is -2.22. The maximum absolute atomic E-state index is 12.0. The van der Waals surface area contributed by atoms with Crippen LogP contribution in [0.25, 0.3) is 0 Å². The normalized spacial score (nSPS) is 23.7. The molecule has 0 heterocycles. The van der Waals surface area contributed by atoms with Gasteiger partial charge >= 0.3 is 0 Å². The van der Waals surface area contributed by atoms with Crippen LogP contribution in [0.1, 0.15) is 31.2 Å². The molecule has 0 amide bonds. The van der Waals surface area contributed by atoms with Crippen LogP contribution in [0.4, 0.5) is 0 Å². The van der Waals surface area contributed by atoms with Gasteiger partial charge in [0.1, 0.15) is 0 Å². The number of aliphatic hydroxyl groups excluding tert-OH is 1. The topological polar surface area (TPSA) is 63.6 Å². The Morgan fingerprint density at radius 1 is 1.10 bits per heavy atom. The summed E-state index contributed by atoms with van der Waals surface area (Å²) in [5, 5.41) is 9.08. The lowest BCUT2D eigenvalue weighted by atomic mass is 9.83. The van der Waals surface area contributed by atoms with Crippen molar-refractivity contribution in [3.63, 3.8) is 0 Å². The SMILES string of the molecule is Cc1ccc(S(=O)(=O)OCC2CCC(CO)CC2)cc1. The molecular formula is C15H22O4S. The van der Waals surface area contributed by atoms with Crippen LogP contribution in [0.2, 0.25) is 0 Å². The van der Waals surface area contributed by atoms with E-state index in [0.717, 1.165) is 31.2 Å². The first-order chi connectivity index (χ1) is 9.51. The Labute approximate surface area is 120 Å². The third-order valence-electron chi connectivity index (χ3n) is 3.99. The fourth-order valence-electron chi connectivity index (χ4n) is 2.54. The predicted molar refractivity (Wildman–Crippen MR) is 76.9 cm³/mol. The number of aryl methyl sites for hydroxylation is 1. The summed E-state index contributed by atoms with van der Waals surface area (Å²) in [4.78, 5) is 0.215. The average Bonchev–Trinajstić information content (AvgIpc) is 2.46. The van der Waals surface area contributed by atoms with E-state index in [1.54, 1.807) is 24.3 Å². The molecule has 1 aromatic rings. The van der Waals surface area contributed by atoms with Crippen molar-refractivity contribution in [2.24, 2.45) is 11.8 Å². The maximum atomic E-state index is 12.0. The van der Waals surface area contributed by atoms with Crippen molar-refractivity contribution in [3.8, 4) is 0 Å². The monoisotopic (exact) mass is 298 g/mol. The van der Waals surface area contributed by atoms with Crippen LogP contribution in [-0.2, 0) is 14.3 Å². The molecule has 2 rings (SSSR count). The number of benzene rings is 1. The van der Waals surface area contributed by atoms with Crippen molar-refractivity contribution in [2.45, 2.75) is 37.5 Å². The van der Waals surface area contributed by atoms with Gasteiger partial charge in [0, 0.05) is 6.61 Å². The molecule has 20 heavy (non-hydrogen) atoms. The van der Waals surface area contributed by atoms with Gasteiger partial charge in [-0.2, -0.15) is 8.42 Å². The molecule has 0 radical (unpaired) electrons. The van der Waals surface area contributed by atoms with Gasteiger partial charge in [-0.25, -0.2) is 0 Å². The molecule has 1 aromatic carbocycles. The molecule has 0 saturated heterocycles. The molecule has 0 spiro atoms. The van der Waals surface area contributed by atoms with E-state index in [9.17, 15) is 8.42 Å². The van der Waals surface area contributed by atoms with E-state index in [-0.39, 0.29) is 24.0 Å². The first kappa shape index (κ1) is 15.5. The molecule has 112 valence electrons. The molecule has 1 aliphatic rings. The van der Waals surface area contributed by atoms with E-state index in [1.165, 1.54) is 0 Å². The summed E-state index contributed by atoms with van der Waals surface area (Å²) in [5.74, 6) is 0.651. The fraction of sp³-hybridized carbons (Fsp3) is 0.600. The van der Waals surface area contributed by atoms with Gasteiger partial charge in [0.2, 0.25) is 0 Å². The minimum atomic E-state index is -3.64. The molecule has 4 nitrogen and oxygen atoms in total. The minimum Gasteiger partial charge on any atom is -0.396 e. The van der Waals surface area contributed by atoms with Gasteiger partial charge in [0.05, 0.1) is 11.5 Å². The van der Waals surface area contributed by atoms with Crippen LogP contribution < -0.4 is 0 Å². The maximum Gasteiger partial charge on any atom is 0.296 e. The highest BCUT2D eigenvalue weighted by Gasteiger charge is 2.23. The Balaban J connectivity index is 1.88. The standard InChI is InChI=1S/C15H22O4S/c1-12-2-8-15(9-3-12)20(17,18)19-11-14-6-4-13(10-16)5-7-14/h2-3,8-9,13-14,16H,4-7,10-11H2,1H3. The van der Waals surface area contributed by atoms with Crippen molar-refractivity contribution in [3.05, 3.63) is 29.8 Å². The lowest BCUT2D eigenvalue weighted by Gasteiger charge is -2.26.